The largest absolute Gasteiger partial charge is 0.480 e. The molecule has 0 saturated heterocycles. The number of aliphatic hydroxyl groups excluding tert-OH is 1. The Morgan fingerprint density at radius 1 is 0.829 bits per heavy atom. The second-order valence-corrected chi connectivity index (χ2v) is 10.7. The summed E-state index contributed by atoms with van der Waals surface area (Å²) in [6.45, 7) is 5.15. The van der Waals surface area contributed by atoms with Crippen molar-refractivity contribution in [1.29, 1.82) is 0 Å². The number of para-hydroxylation sites is 1. The summed E-state index contributed by atoms with van der Waals surface area (Å²) < 4.78 is 0. The maximum absolute atomic E-state index is 13.5. The molecule has 0 aliphatic rings. The van der Waals surface area contributed by atoms with Crippen LogP contribution in [0.5, 0.6) is 0 Å². The Labute approximate surface area is 238 Å². The molecule has 1 heterocycles. The summed E-state index contributed by atoms with van der Waals surface area (Å²) in [5.41, 5.74) is 8.21. The van der Waals surface area contributed by atoms with Crippen LogP contribution in [0, 0.1) is 5.92 Å². The molecule has 11 heteroatoms. The summed E-state index contributed by atoms with van der Waals surface area (Å²) in [6.07, 6.45) is 0.854. The quantitative estimate of drug-likeness (QED) is 0.153. The highest BCUT2D eigenvalue weighted by Gasteiger charge is 2.33. The normalized spacial score (nSPS) is 15.0. The number of carbonyl (C=O) groups is 4. The van der Waals surface area contributed by atoms with Crippen molar-refractivity contribution in [2.75, 3.05) is 0 Å². The van der Waals surface area contributed by atoms with Crippen LogP contribution in [0.1, 0.15) is 38.3 Å². The third-order valence-corrected chi connectivity index (χ3v) is 6.75. The minimum atomic E-state index is -1.39. The Kier molecular flexibility index (Phi) is 11.0. The molecule has 3 aromatic rings. The smallest absolute Gasteiger partial charge is 0.326 e. The van der Waals surface area contributed by atoms with Gasteiger partial charge in [-0.3, -0.25) is 14.4 Å². The van der Waals surface area contributed by atoms with Crippen LogP contribution in [0.4, 0.5) is 0 Å². The Morgan fingerprint density at radius 2 is 1.46 bits per heavy atom. The number of H-pyrrole nitrogens is 1. The van der Waals surface area contributed by atoms with Crippen LogP contribution in [0.3, 0.4) is 0 Å². The van der Waals surface area contributed by atoms with Gasteiger partial charge in [-0.05, 0) is 36.5 Å². The predicted octanol–water partition coefficient (Wildman–Crippen LogP) is 1.25. The van der Waals surface area contributed by atoms with Gasteiger partial charge in [-0.15, -0.1) is 0 Å². The highest BCUT2D eigenvalue weighted by atomic mass is 16.4. The number of carbonyl (C=O) groups excluding carboxylic acids is 3. The van der Waals surface area contributed by atoms with Crippen molar-refractivity contribution in [2.24, 2.45) is 11.7 Å². The molecule has 0 radical (unpaired) electrons. The van der Waals surface area contributed by atoms with Gasteiger partial charge in [0.05, 0.1) is 12.1 Å². The molecule has 0 spiro atoms. The van der Waals surface area contributed by atoms with Crippen LogP contribution >= 0.6 is 0 Å². The van der Waals surface area contributed by atoms with Crippen LogP contribution in [0.15, 0.2) is 60.8 Å². The van der Waals surface area contributed by atoms with Crippen molar-refractivity contribution in [2.45, 2.75) is 70.3 Å². The molecule has 11 nitrogen and oxygen atoms in total. The molecule has 0 bridgehead atoms. The molecule has 2 aromatic carbocycles. The van der Waals surface area contributed by atoms with Gasteiger partial charge < -0.3 is 36.9 Å². The molecule has 5 atom stereocenters. The molecule has 0 fully saturated rings. The standard InChI is InChI=1S/C30H39N5O6/c1-17(2)13-22(31)27(37)35-26(18(3)36)29(39)33-24(15-20-16-32-23-12-8-7-11-21(20)23)28(38)34-25(30(40)41)14-19-9-5-4-6-10-19/h4-12,16-18,22,24-26,32,36H,13-15,31H2,1-3H3,(H,33,39)(H,34,38)(H,35,37)(H,40,41). The molecule has 0 aliphatic carbocycles. The summed E-state index contributed by atoms with van der Waals surface area (Å²) in [5, 5.41) is 28.6. The zero-order valence-electron chi connectivity index (χ0n) is 23.5. The number of hydrogen-bond donors (Lipinski definition) is 7. The molecule has 0 saturated carbocycles. The zero-order chi connectivity index (χ0) is 30.1. The number of rotatable bonds is 14. The number of aliphatic carboxylic acids is 1. The number of fused-ring (bicyclic) bond motifs is 1. The summed E-state index contributed by atoms with van der Waals surface area (Å²) in [5.74, 6) is -3.23. The van der Waals surface area contributed by atoms with Gasteiger partial charge >= 0.3 is 5.97 Å². The fourth-order valence-corrected chi connectivity index (χ4v) is 4.59. The lowest BCUT2D eigenvalue weighted by Crippen LogP contribution is -2.60. The molecule has 3 amide bonds. The van der Waals surface area contributed by atoms with E-state index in [1.807, 2.05) is 38.1 Å². The van der Waals surface area contributed by atoms with Gasteiger partial charge in [0.15, 0.2) is 0 Å². The maximum Gasteiger partial charge on any atom is 0.326 e. The van der Waals surface area contributed by atoms with E-state index in [0.717, 1.165) is 10.9 Å². The number of hydrogen-bond acceptors (Lipinski definition) is 6. The fraction of sp³-hybridized carbons (Fsp3) is 0.400. The van der Waals surface area contributed by atoms with Crippen molar-refractivity contribution in [3.05, 3.63) is 71.9 Å². The lowest BCUT2D eigenvalue weighted by molar-refractivity contribution is -0.142. The predicted molar refractivity (Wildman–Crippen MR) is 155 cm³/mol. The van der Waals surface area contributed by atoms with E-state index in [9.17, 15) is 29.4 Å². The Bertz CT molecular complexity index is 1340. The van der Waals surface area contributed by atoms with Crippen molar-refractivity contribution >= 4 is 34.6 Å². The number of aromatic nitrogens is 1. The van der Waals surface area contributed by atoms with Gasteiger partial charge in [0.25, 0.3) is 0 Å². The first-order valence-electron chi connectivity index (χ1n) is 13.6. The average Bonchev–Trinajstić information content (AvgIpc) is 3.33. The third-order valence-electron chi connectivity index (χ3n) is 6.75. The molecule has 8 N–H and O–H groups in total. The first-order valence-corrected chi connectivity index (χ1v) is 13.6. The second-order valence-electron chi connectivity index (χ2n) is 10.7. The second kappa shape index (κ2) is 14.4. The van der Waals surface area contributed by atoms with Crippen LogP contribution in [0.2, 0.25) is 0 Å². The van der Waals surface area contributed by atoms with E-state index in [1.54, 1.807) is 36.5 Å². The van der Waals surface area contributed by atoms with Gasteiger partial charge in [0.1, 0.15) is 18.1 Å². The van der Waals surface area contributed by atoms with Crippen LogP contribution in [-0.4, -0.2) is 69.2 Å². The molecule has 41 heavy (non-hydrogen) atoms. The van der Waals surface area contributed by atoms with E-state index in [-0.39, 0.29) is 18.8 Å². The molecule has 3 rings (SSSR count). The summed E-state index contributed by atoms with van der Waals surface area (Å²) in [7, 11) is 0. The van der Waals surface area contributed by atoms with Crippen LogP contribution in [0.25, 0.3) is 10.9 Å². The number of carboxylic acids is 1. The SMILES string of the molecule is CC(C)CC(N)C(=O)NC(C(=O)NC(Cc1c[nH]c2ccccc12)C(=O)NC(Cc1ccccc1)C(=O)O)C(C)O. The van der Waals surface area contributed by atoms with Gasteiger partial charge in [-0.2, -0.15) is 0 Å². The van der Waals surface area contributed by atoms with Gasteiger partial charge in [-0.1, -0.05) is 62.4 Å². The molecule has 5 unspecified atom stereocenters. The van der Waals surface area contributed by atoms with E-state index in [0.29, 0.717) is 17.5 Å². The Morgan fingerprint density at radius 3 is 2.10 bits per heavy atom. The van der Waals surface area contributed by atoms with E-state index >= 15 is 0 Å². The minimum absolute atomic E-state index is 0.0204. The van der Waals surface area contributed by atoms with Gasteiger partial charge in [-0.25, -0.2) is 4.79 Å². The monoisotopic (exact) mass is 565 g/mol. The number of benzene rings is 2. The van der Waals surface area contributed by atoms with Crippen molar-refractivity contribution in [3.8, 4) is 0 Å². The molecular weight excluding hydrogens is 526 g/mol. The molecule has 0 aliphatic heterocycles. The number of nitrogens with two attached hydrogens (primary N) is 1. The van der Waals surface area contributed by atoms with E-state index in [4.69, 9.17) is 5.73 Å². The topological polar surface area (TPSA) is 187 Å². The first kappa shape index (κ1) is 31.3. The first-order chi connectivity index (χ1) is 19.5. The molecule has 220 valence electrons. The highest BCUT2D eigenvalue weighted by Crippen LogP contribution is 2.19. The lowest BCUT2D eigenvalue weighted by atomic mass is 10.0. The van der Waals surface area contributed by atoms with E-state index in [2.05, 4.69) is 20.9 Å². The lowest BCUT2D eigenvalue weighted by Gasteiger charge is -2.26. The van der Waals surface area contributed by atoms with E-state index in [1.165, 1.54) is 6.92 Å². The number of nitrogens with one attached hydrogen (secondary N) is 4. The van der Waals surface area contributed by atoms with Crippen LogP contribution in [-0.2, 0) is 32.0 Å². The zero-order valence-corrected chi connectivity index (χ0v) is 23.5. The average molecular weight is 566 g/mol. The maximum atomic E-state index is 13.5. The van der Waals surface area contributed by atoms with Crippen molar-refractivity contribution < 1.29 is 29.4 Å². The summed E-state index contributed by atoms with van der Waals surface area (Å²) in [6, 6.07) is 11.5. The van der Waals surface area contributed by atoms with Crippen molar-refractivity contribution in [3.63, 3.8) is 0 Å². The van der Waals surface area contributed by atoms with Crippen molar-refractivity contribution in [1.82, 2.24) is 20.9 Å². The highest BCUT2D eigenvalue weighted by molar-refractivity contribution is 5.95. The number of aromatic amines is 1. The summed E-state index contributed by atoms with van der Waals surface area (Å²) >= 11 is 0. The Balaban J connectivity index is 1.84. The van der Waals surface area contributed by atoms with Gasteiger partial charge in [0, 0.05) is 29.9 Å². The number of carboxylic acid groups (broad SMARTS) is 1. The Hall–Kier alpha value is -4.22. The van der Waals surface area contributed by atoms with Gasteiger partial charge in [0.2, 0.25) is 17.7 Å². The molecule has 1 aromatic heterocycles. The minimum Gasteiger partial charge on any atom is -0.480 e. The third kappa shape index (κ3) is 8.89. The molecular formula is C30H39N5O6. The number of amides is 3. The fourth-order valence-electron chi connectivity index (χ4n) is 4.59. The number of aliphatic hydroxyl groups is 1. The van der Waals surface area contributed by atoms with E-state index < -0.39 is 54.0 Å². The van der Waals surface area contributed by atoms with Crippen LogP contribution < -0.4 is 21.7 Å². The summed E-state index contributed by atoms with van der Waals surface area (Å²) in [4.78, 5) is 54.7.